The number of hydrogen-bond donors (Lipinski definition) is 1. The van der Waals surface area contributed by atoms with Crippen molar-refractivity contribution in [2.45, 2.75) is 12.6 Å². The Hall–Kier alpha value is -1.88. The van der Waals surface area contributed by atoms with Crippen molar-refractivity contribution in [2.24, 2.45) is 0 Å². The second-order valence-electron chi connectivity index (χ2n) is 5.93. The molecule has 1 atom stereocenters. The fraction of sp³-hybridized carbons (Fsp3) is 0.316. The Balaban J connectivity index is 1.48. The monoisotopic (exact) mass is 344 g/mol. The highest BCUT2D eigenvalue weighted by Gasteiger charge is 2.21. The quantitative estimate of drug-likeness (QED) is 0.906. The summed E-state index contributed by atoms with van der Waals surface area (Å²) in [7, 11) is 0. The predicted octanol–water partition coefficient (Wildman–Crippen LogP) is 2.97. The van der Waals surface area contributed by atoms with Gasteiger partial charge in [-0.1, -0.05) is 41.9 Å². The number of rotatable bonds is 5. The van der Waals surface area contributed by atoms with E-state index in [-0.39, 0.29) is 12.0 Å². The summed E-state index contributed by atoms with van der Waals surface area (Å²) in [4.78, 5) is 14.5. The molecule has 0 aliphatic carbocycles. The molecule has 4 nitrogen and oxygen atoms in total. The van der Waals surface area contributed by atoms with E-state index in [0.717, 1.165) is 19.6 Å². The number of hydrogen-bond acceptors (Lipinski definition) is 3. The Bertz CT molecular complexity index is 661. The van der Waals surface area contributed by atoms with Crippen LogP contribution in [-0.4, -0.2) is 43.2 Å². The molecule has 1 amide bonds. The summed E-state index contributed by atoms with van der Waals surface area (Å²) in [5.41, 5.74) is 1.90. The molecule has 0 aromatic heterocycles. The number of carbonyl (C=O) groups excluding carboxylic acids is 1. The summed E-state index contributed by atoms with van der Waals surface area (Å²) in [5, 5.41) is 3.56. The molecule has 1 saturated heterocycles. The summed E-state index contributed by atoms with van der Waals surface area (Å²) in [6.07, 6.45) is 0.0127. The average molecular weight is 345 g/mol. The van der Waals surface area contributed by atoms with Gasteiger partial charge in [0.05, 0.1) is 12.7 Å². The summed E-state index contributed by atoms with van der Waals surface area (Å²) < 4.78 is 5.77. The molecule has 126 valence electrons. The SMILES string of the molecule is O=C(NCC1CN(Cc2ccccc2)CCO1)c1ccc(Cl)cc1. The number of nitrogens with one attached hydrogen (secondary N) is 1. The van der Waals surface area contributed by atoms with Crippen LogP contribution in [0.15, 0.2) is 54.6 Å². The van der Waals surface area contributed by atoms with Crippen LogP contribution in [0.4, 0.5) is 0 Å². The Labute approximate surface area is 147 Å². The molecule has 1 N–H and O–H groups in total. The third-order valence-corrected chi connectivity index (χ3v) is 4.32. The first kappa shape index (κ1) is 17.0. The number of amides is 1. The molecule has 2 aromatic rings. The van der Waals surface area contributed by atoms with E-state index >= 15 is 0 Å². The minimum atomic E-state index is -0.101. The van der Waals surface area contributed by atoms with E-state index in [1.54, 1.807) is 24.3 Å². The van der Waals surface area contributed by atoms with E-state index in [1.165, 1.54) is 5.56 Å². The molecule has 24 heavy (non-hydrogen) atoms. The fourth-order valence-corrected chi connectivity index (χ4v) is 2.92. The molecule has 1 aliphatic heterocycles. The van der Waals surface area contributed by atoms with Crippen LogP contribution < -0.4 is 5.32 Å². The van der Waals surface area contributed by atoms with Crippen LogP contribution in [0.25, 0.3) is 0 Å². The zero-order chi connectivity index (χ0) is 16.8. The van der Waals surface area contributed by atoms with Gasteiger partial charge in [0, 0.05) is 36.8 Å². The van der Waals surface area contributed by atoms with Crippen molar-refractivity contribution in [1.29, 1.82) is 0 Å². The van der Waals surface area contributed by atoms with Gasteiger partial charge in [0.2, 0.25) is 0 Å². The molecule has 0 spiro atoms. The number of ether oxygens (including phenoxy) is 1. The molecule has 3 rings (SSSR count). The van der Waals surface area contributed by atoms with Gasteiger partial charge in [-0.05, 0) is 29.8 Å². The molecule has 1 unspecified atom stereocenters. The van der Waals surface area contributed by atoms with Crippen molar-refractivity contribution < 1.29 is 9.53 Å². The molecule has 0 bridgehead atoms. The van der Waals surface area contributed by atoms with Gasteiger partial charge in [-0.2, -0.15) is 0 Å². The first-order chi connectivity index (χ1) is 11.7. The van der Waals surface area contributed by atoms with Crippen molar-refractivity contribution in [3.63, 3.8) is 0 Å². The zero-order valence-corrected chi connectivity index (χ0v) is 14.2. The van der Waals surface area contributed by atoms with Gasteiger partial charge >= 0.3 is 0 Å². The highest BCUT2D eigenvalue weighted by Crippen LogP contribution is 2.11. The van der Waals surface area contributed by atoms with Crippen LogP contribution in [0.5, 0.6) is 0 Å². The molecule has 2 aromatic carbocycles. The largest absolute Gasteiger partial charge is 0.374 e. The van der Waals surface area contributed by atoms with Gasteiger partial charge in [0.15, 0.2) is 0 Å². The number of benzene rings is 2. The van der Waals surface area contributed by atoms with Crippen LogP contribution in [0, 0.1) is 0 Å². The second-order valence-corrected chi connectivity index (χ2v) is 6.37. The second kappa shape index (κ2) is 8.29. The standard InChI is InChI=1S/C19H21ClN2O2/c20-17-8-6-16(7-9-17)19(23)21-12-18-14-22(10-11-24-18)13-15-4-2-1-3-5-15/h1-9,18H,10-14H2,(H,21,23). The lowest BCUT2D eigenvalue weighted by Gasteiger charge is -2.33. The maximum absolute atomic E-state index is 12.1. The Morgan fingerprint density at radius 1 is 1.17 bits per heavy atom. The normalized spacial score (nSPS) is 18.3. The third kappa shape index (κ3) is 4.81. The van der Waals surface area contributed by atoms with Gasteiger partial charge in [-0.25, -0.2) is 0 Å². The summed E-state index contributed by atoms with van der Waals surface area (Å²) >= 11 is 5.84. The summed E-state index contributed by atoms with van der Waals surface area (Å²) in [5.74, 6) is -0.101. The fourth-order valence-electron chi connectivity index (χ4n) is 2.80. The van der Waals surface area contributed by atoms with E-state index in [1.807, 2.05) is 6.07 Å². The first-order valence-corrected chi connectivity index (χ1v) is 8.50. The third-order valence-electron chi connectivity index (χ3n) is 4.07. The van der Waals surface area contributed by atoms with Crippen molar-refractivity contribution >= 4 is 17.5 Å². The van der Waals surface area contributed by atoms with Crippen LogP contribution in [-0.2, 0) is 11.3 Å². The van der Waals surface area contributed by atoms with E-state index in [4.69, 9.17) is 16.3 Å². The molecular weight excluding hydrogens is 324 g/mol. The molecular formula is C19H21ClN2O2. The number of carbonyl (C=O) groups is 1. The van der Waals surface area contributed by atoms with Gasteiger partial charge in [0.25, 0.3) is 5.91 Å². The Morgan fingerprint density at radius 3 is 2.67 bits per heavy atom. The van der Waals surface area contributed by atoms with Crippen molar-refractivity contribution in [2.75, 3.05) is 26.2 Å². The van der Waals surface area contributed by atoms with Gasteiger partial charge < -0.3 is 10.1 Å². The topological polar surface area (TPSA) is 41.6 Å². The van der Waals surface area contributed by atoms with Crippen molar-refractivity contribution in [3.8, 4) is 0 Å². The zero-order valence-electron chi connectivity index (χ0n) is 13.5. The van der Waals surface area contributed by atoms with Gasteiger partial charge in [0.1, 0.15) is 0 Å². The number of halogens is 1. The lowest BCUT2D eigenvalue weighted by molar-refractivity contribution is -0.0292. The smallest absolute Gasteiger partial charge is 0.251 e. The summed E-state index contributed by atoms with van der Waals surface area (Å²) in [6, 6.07) is 17.3. The Kier molecular flexibility index (Phi) is 5.86. The average Bonchev–Trinajstić information content (AvgIpc) is 2.61. The number of nitrogens with zero attached hydrogens (tertiary/aromatic N) is 1. The molecule has 5 heteroatoms. The van der Waals surface area contributed by atoms with E-state index in [2.05, 4.69) is 34.5 Å². The van der Waals surface area contributed by atoms with E-state index in [0.29, 0.717) is 23.7 Å². The van der Waals surface area contributed by atoms with Crippen LogP contribution >= 0.6 is 11.6 Å². The van der Waals surface area contributed by atoms with Crippen LogP contribution in [0.1, 0.15) is 15.9 Å². The highest BCUT2D eigenvalue weighted by molar-refractivity contribution is 6.30. The van der Waals surface area contributed by atoms with Crippen molar-refractivity contribution in [1.82, 2.24) is 10.2 Å². The van der Waals surface area contributed by atoms with Crippen LogP contribution in [0.3, 0.4) is 0 Å². The maximum Gasteiger partial charge on any atom is 0.251 e. The molecule has 1 fully saturated rings. The summed E-state index contributed by atoms with van der Waals surface area (Å²) in [6.45, 7) is 3.83. The molecule has 1 aliphatic rings. The lowest BCUT2D eigenvalue weighted by atomic mass is 10.2. The van der Waals surface area contributed by atoms with Crippen molar-refractivity contribution in [3.05, 3.63) is 70.7 Å². The van der Waals surface area contributed by atoms with E-state index in [9.17, 15) is 4.79 Å². The Morgan fingerprint density at radius 2 is 1.92 bits per heavy atom. The molecule has 0 radical (unpaired) electrons. The maximum atomic E-state index is 12.1. The van der Waals surface area contributed by atoms with E-state index < -0.39 is 0 Å². The molecule has 0 saturated carbocycles. The lowest BCUT2D eigenvalue weighted by Crippen LogP contribution is -2.47. The first-order valence-electron chi connectivity index (χ1n) is 8.12. The minimum Gasteiger partial charge on any atom is -0.374 e. The number of morpholine rings is 1. The molecule has 1 heterocycles. The van der Waals surface area contributed by atoms with Crippen LogP contribution in [0.2, 0.25) is 5.02 Å². The van der Waals surface area contributed by atoms with Gasteiger partial charge in [-0.3, -0.25) is 9.69 Å². The minimum absolute atomic E-state index is 0.0127. The highest BCUT2D eigenvalue weighted by atomic mass is 35.5. The van der Waals surface area contributed by atoms with Gasteiger partial charge in [-0.15, -0.1) is 0 Å². The predicted molar refractivity (Wildman–Crippen MR) is 95.2 cm³/mol.